The molecule has 0 aliphatic carbocycles. The number of hydrogen-bond donors (Lipinski definition) is 2. The predicted molar refractivity (Wildman–Crippen MR) is 77.8 cm³/mol. The van der Waals surface area contributed by atoms with Gasteiger partial charge in [-0.3, -0.25) is 9.71 Å². The Hall–Kier alpha value is -1.37. The summed E-state index contributed by atoms with van der Waals surface area (Å²) in [6.45, 7) is 1.60. The smallest absolute Gasteiger partial charge is 0.236 e. The van der Waals surface area contributed by atoms with Crippen molar-refractivity contribution in [2.45, 2.75) is 12.2 Å². The number of fused-ring (bicyclic) bond motifs is 1. The lowest BCUT2D eigenvalue weighted by atomic mass is 10.2. The van der Waals surface area contributed by atoms with E-state index in [1.165, 1.54) is 0 Å². The number of nitrogens with one attached hydrogen (secondary N) is 1. The van der Waals surface area contributed by atoms with E-state index >= 15 is 0 Å². The van der Waals surface area contributed by atoms with Crippen molar-refractivity contribution in [3.05, 3.63) is 35.5 Å². The topological polar surface area (TPSA) is 85.1 Å². The van der Waals surface area contributed by atoms with Gasteiger partial charge in [0, 0.05) is 18.1 Å². The first-order valence-electron chi connectivity index (χ1n) is 5.70. The molecule has 1 atom stereocenters. The van der Waals surface area contributed by atoms with Gasteiger partial charge in [0.05, 0.1) is 21.5 Å². The van der Waals surface area contributed by atoms with Crippen LogP contribution in [0.15, 0.2) is 30.5 Å². The fourth-order valence-corrected chi connectivity index (χ4v) is 2.74. The molecule has 5 nitrogen and oxygen atoms in total. The van der Waals surface area contributed by atoms with E-state index < -0.39 is 15.3 Å². The number of nitrogens with zero attached hydrogens (tertiary/aromatic N) is 1. The van der Waals surface area contributed by atoms with E-state index in [0.29, 0.717) is 21.6 Å². The van der Waals surface area contributed by atoms with Gasteiger partial charge in [0.1, 0.15) is 0 Å². The maximum Gasteiger partial charge on any atom is 0.236 e. The van der Waals surface area contributed by atoms with Crippen LogP contribution in [0.4, 0.5) is 5.69 Å². The molecular weight excluding hydrogens is 286 g/mol. The highest BCUT2D eigenvalue weighted by molar-refractivity contribution is 7.93. The zero-order valence-electron chi connectivity index (χ0n) is 10.3. The minimum absolute atomic E-state index is 0.0499. The minimum atomic E-state index is -3.53. The van der Waals surface area contributed by atoms with E-state index in [-0.39, 0.29) is 6.54 Å². The predicted octanol–water partition coefficient (Wildman–Crippen LogP) is 1.98. The van der Waals surface area contributed by atoms with Crippen molar-refractivity contribution < 1.29 is 8.42 Å². The molecule has 0 aliphatic rings. The Kier molecular flexibility index (Phi) is 3.93. The van der Waals surface area contributed by atoms with Crippen LogP contribution in [0, 0.1) is 0 Å². The first-order valence-corrected chi connectivity index (χ1v) is 7.63. The SMILES string of the molecule is CC(CN)S(=O)(=O)Nc1ccc(Cl)c2cccnc12. The average molecular weight is 300 g/mol. The first kappa shape index (κ1) is 14.0. The van der Waals surface area contributed by atoms with Crippen molar-refractivity contribution >= 4 is 38.2 Å². The molecule has 7 heteroatoms. The number of rotatable bonds is 4. The van der Waals surface area contributed by atoms with Gasteiger partial charge in [0.15, 0.2) is 0 Å². The molecular formula is C12H14ClN3O2S. The minimum Gasteiger partial charge on any atom is -0.329 e. The Balaban J connectivity index is 2.51. The molecule has 0 fully saturated rings. The standard InChI is InChI=1S/C12H14ClN3O2S/c1-8(7-14)19(17,18)16-11-5-4-10(13)9-3-2-6-15-12(9)11/h2-6,8,16H,7,14H2,1H3. The van der Waals surface area contributed by atoms with Crippen LogP contribution < -0.4 is 10.5 Å². The number of halogens is 1. The molecule has 0 aliphatic heterocycles. The van der Waals surface area contributed by atoms with Crippen LogP contribution in [0.2, 0.25) is 5.02 Å². The lowest BCUT2D eigenvalue weighted by Gasteiger charge is -2.14. The molecule has 0 spiro atoms. The number of nitrogens with two attached hydrogens (primary N) is 1. The normalized spacial score (nSPS) is 13.4. The van der Waals surface area contributed by atoms with E-state index in [2.05, 4.69) is 9.71 Å². The highest BCUT2D eigenvalue weighted by Gasteiger charge is 2.20. The van der Waals surface area contributed by atoms with Crippen LogP contribution in [-0.2, 0) is 10.0 Å². The summed E-state index contributed by atoms with van der Waals surface area (Å²) >= 11 is 6.05. The van der Waals surface area contributed by atoms with E-state index in [1.54, 1.807) is 37.4 Å². The Morgan fingerprint density at radius 3 is 2.84 bits per heavy atom. The van der Waals surface area contributed by atoms with Crippen LogP contribution in [0.3, 0.4) is 0 Å². The molecule has 0 saturated carbocycles. The van der Waals surface area contributed by atoms with Crippen molar-refractivity contribution in [2.24, 2.45) is 5.73 Å². The summed E-state index contributed by atoms with van der Waals surface area (Å²) in [6.07, 6.45) is 1.59. The third-order valence-electron chi connectivity index (χ3n) is 2.83. The molecule has 2 rings (SSSR count). The van der Waals surface area contributed by atoms with Gasteiger partial charge >= 0.3 is 0 Å². The highest BCUT2D eigenvalue weighted by Crippen LogP contribution is 2.28. The lowest BCUT2D eigenvalue weighted by Crippen LogP contribution is -2.31. The molecule has 0 radical (unpaired) electrons. The van der Waals surface area contributed by atoms with Gasteiger partial charge in [-0.1, -0.05) is 11.6 Å². The molecule has 102 valence electrons. The fraction of sp³-hybridized carbons (Fsp3) is 0.250. The van der Waals surface area contributed by atoms with Crippen LogP contribution in [0.1, 0.15) is 6.92 Å². The fourth-order valence-electron chi connectivity index (χ4n) is 1.60. The lowest BCUT2D eigenvalue weighted by molar-refractivity contribution is 0.589. The van der Waals surface area contributed by atoms with E-state index in [9.17, 15) is 8.42 Å². The molecule has 1 heterocycles. The quantitative estimate of drug-likeness (QED) is 0.904. The van der Waals surface area contributed by atoms with Gasteiger partial charge in [-0.15, -0.1) is 0 Å². The molecule has 2 aromatic rings. The zero-order valence-corrected chi connectivity index (χ0v) is 11.9. The molecule has 1 unspecified atom stereocenters. The number of sulfonamides is 1. The van der Waals surface area contributed by atoms with Gasteiger partial charge in [-0.25, -0.2) is 8.42 Å². The number of benzene rings is 1. The van der Waals surface area contributed by atoms with Crippen LogP contribution in [-0.4, -0.2) is 25.2 Å². The number of anilines is 1. The number of hydrogen-bond acceptors (Lipinski definition) is 4. The largest absolute Gasteiger partial charge is 0.329 e. The van der Waals surface area contributed by atoms with Gasteiger partial charge in [-0.2, -0.15) is 0 Å². The Bertz CT molecular complexity index is 703. The zero-order chi connectivity index (χ0) is 14.0. The summed E-state index contributed by atoms with van der Waals surface area (Å²) in [6, 6.07) is 6.76. The molecule has 1 aromatic carbocycles. The van der Waals surface area contributed by atoms with Crippen LogP contribution >= 0.6 is 11.6 Å². The first-order chi connectivity index (χ1) is 8.95. The number of aromatic nitrogens is 1. The van der Waals surface area contributed by atoms with E-state index in [4.69, 9.17) is 17.3 Å². The second kappa shape index (κ2) is 5.32. The van der Waals surface area contributed by atoms with Crippen molar-refractivity contribution in [3.8, 4) is 0 Å². The van der Waals surface area contributed by atoms with Gasteiger partial charge < -0.3 is 5.73 Å². The summed E-state index contributed by atoms with van der Waals surface area (Å²) in [7, 11) is -3.53. The summed E-state index contributed by atoms with van der Waals surface area (Å²) in [4.78, 5) is 4.17. The monoisotopic (exact) mass is 299 g/mol. The Morgan fingerprint density at radius 1 is 1.42 bits per heavy atom. The second-order valence-electron chi connectivity index (χ2n) is 4.19. The third-order valence-corrected chi connectivity index (χ3v) is 4.92. The van der Waals surface area contributed by atoms with Crippen molar-refractivity contribution in [1.82, 2.24) is 4.98 Å². The maximum atomic E-state index is 12.0. The molecule has 0 bridgehead atoms. The molecule has 0 saturated heterocycles. The summed E-state index contributed by atoms with van der Waals surface area (Å²) in [5.41, 5.74) is 6.31. The Labute approximate surface area is 116 Å². The third kappa shape index (κ3) is 2.80. The highest BCUT2D eigenvalue weighted by atomic mass is 35.5. The van der Waals surface area contributed by atoms with Crippen molar-refractivity contribution in [1.29, 1.82) is 0 Å². The van der Waals surface area contributed by atoms with E-state index in [1.807, 2.05) is 0 Å². The van der Waals surface area contributed by atoms with Crippen molar-refractivity contribution in [3.63, 3.8) is 0 Å². The number of pyridine rings is 1. The van der Waals surface area contributed by atoms with Gasteiger partial charge in [-0.05, 0) is 31.2 Å². The van der Waals surface area contributed by atoms with Crippen LogP contribution in [0.5, 0.6) is 0 Å². The summed E-state index contributed by atoms with van der Waals surface area (Å²) in [5, 5.41) is 0.546. The summed E-state index contributed by atoms with van der Waals surface area (Å²) in [5.74, 6) is 0. The summed E-state index contributed by atoms with van der Waals surface area (Å²) < 4.78 is 26.5. The maximum absolute atomic E-state index is 12.0. The van der Waals surface area contributed by atoms with E-state index in [0.717, 1.165) is 0 Å². The molecule has 0 amide bonds. The van der Waals surface area contributed by atoms with Gasteiger partial charge in [0.2, 0.25) is 10.0 Å². The average Bonchev–Trinajstić information content (AvgIpc) is 2.41. The second-order valence-corrected chi connectivity index (χ2v) is 6.69. The van der Waals surface area contributed by atoms with Crippen molar-refractivity contribution in [2.75, 3.05) is 11.3 Å². The molecule has 19 heavy (non-hydrogen) atoms. The Morgan fingerprint density at radius 2 is 2.16 bits per heavy atom. The molecule has 1 aromatic heterocycles. The van der Waals surface area contributed by atoms with Gasteiger partial charge in [0.25, 0.3) is 0 Å². The molecule has 3 N–H and O–H groups in total. The van der Waals surface area contributed by atoms with Crippen LogP contribution in [0.25, 0.3) is 10.9 Å².